The Hall–Kier alpha value is -3.42. The zero-order valence-corrected chi connectivity index (χ0v) is 19.9. The molecule has 0 unspecified atom stereocenters. The lowest BCUT2D eigenvalue weighted by Crippen LogP contribution is -2.47. The van der Waals surface area contributed by atoms with Gasteiger partial charge in [-0.1, -0.05) is 25.7 Å². The number of nitrogens with one attached hydrogen (secondary N) is 1. The molecule has 1 saturated carbocycles. The number of benzene rings is 1. The number of rotatable bonds is 5. The van der Waals surface area contributed by atoms with Crippen LogP contribution in [0.3, 0.4) is 0 Å². The van der Waals surface area contributed by atoms with Crippen molar-refractivity contribution in [2.75, 3.05) is 13.1 Å². The molecule has 0 radical (unpaired) electrons. The predicted octanol–water partition coefficient (Wildman–Crippen LogP) is 4.49. The van der Waals surface area contributed by atoms with Gasteiger partial charge in [0.05, 0.1) is 17.8 Å². The van der Waals surface area contributed by atoms with Gasteiger partial charge >= 0.3 is 0 Å². The number of carbonyl (C=O) groups excluding carboxylic acids is 2. The first-order valence-corrected chi connectivity index (χ1v) is 12.7. The van der Waals surface area contributed by atoms with Crippen molar-refractivity contribution in [1.82, 2.24) is 24.6 Å². The molecule has 8 heteroatoms. The zero-order chi connectivity index (χ0) is 24.2. The highest BCUT2D eigenvalue weighted by molar-refractivity contribution is 5.97. The molecule has 1 N–H and O–H groups in total. The first-order chi connectivity index (χ1) is 17.1. The topological polar surface area (TPSA) is 72.2 Å². The number of piperidine rings is 1. The normalized spacial score (nSPS) is 19.3. The first kappa shape index (κ1) is 23.3. The van der Waals surface area contributed by atoms with E-state index in [0.717, 1.165) is 25.7 Å². The molecule has 3 heterocycles. The van der Waals surface area contributed by atoms with Gasteiger partial charge in [0, 0.05) is 31.5 Å². The molecule has 3 aromatic rings. The summed E-state index contributed by atoms with van der Waals surface area (Å²) in [5.41, 5.74) is 1.11. The minimum absolute atomic E-state index is 0.0713. The number of nitrogens with zero attached hydrogens (tertiary/aromatic N) is 4. The summed E-state index contributed by atoms with van der Waals surface area (Å²) in [4.78, 5) is 28.5. The van der Waals surface area contributed by atoms with Crippen LogP contribution in [0.5, 0.6) is 0 Å². The van der Waals surface area contributed by atoms with Crippen molar-refractivity contribution in [1.29, 1.82) is 0 Å². The summed E-state index contributed by atoms with van der Waals surface area (Å²) in [6, 6.07) is 10.0. The third-order valence-electron chi connectivity index (χ3n) is 7.18. The van der Waals surface area contributed by atoms with Crippen LogP contribution < -0.4 is 5.32 Å². The average Bonchev–Trinajstić information content (AvgIpc) is 3.49. The van der Waals surface area contributed by atoms with Crippen LogP contribution in [0.4, 0.5) is 4.39 Å². The molecule has 1 saturated heterocycles. The molecular formula is C27H32FN5O2. The maximum absolute atomic E-state index is 13.7. The van der Waals surface area contributed by atoms with Gasteiger partial charge in [-0.3, -0.25) is 9.59 Å². The highest BCUT2D eigenvalue weighted by atomic mass is 19.1. The number of halogens is 1. The van der Waals surface area contributed by atoms with Crippen LogP contribution in [0.2, 0.25) is 0 Å². The van der Waals surface area contributed by atoms with E-state index in [1.54, 1.807) is 27.9 Å². The third kappa shape index (κ3) is 5.16. The predicted molar refractivity (Wildman–Crippen MR) is 131 cm³/mol. The van der Waals surface area contributed by atoms with Crippen molar-refractivity contribution in [3.05, 3.63) is 66.4 Å². The summed E-state index contributed by atoms with van der Waals surface area (Å²) in [5.74, 6) is -0.00737. The molecule has 1 aliphatic carbocycles. The van der Waals surface area contributed by atoms with Crippen LogP contribution in [0.1, 0.15) is 61.7 Å². The van der Waals surface area contributed by atoms with Crippen LogP contribution in [0, 0.1) is 11.7 Å². The van der Waals surface area contributed by atoms with Crippen LogP contribution in [0.15, 0.2) is 55.0 Å². The summed E-state index contributed by atoms with van der Waals surface area (Å²) >= 11 is 0. The van der Waals surface area contributed by atoms with Gasteiger partial charge in [0.1, 0.15) is 11.4 Å². The van der Waals surface area contributed by atoms with E-state index in [1.165, 1.54) is 37.8 Å². The van der Waals surface area contributed by atoms with Crippen molar-refractivity contribution in [3.63, 3.8) is 0 Å². The molecule has 5 rings (SSSR count). The molecule has 2 aromatic heterocycles. The minimum atomic E-state index is -0.332. The van der Waals surface area contributed by atoms with Gasteiger partial charge in [-0.05, 0) is 62.1 Å². The molecule has 0 spiro atoms. The maximum Gasteiger partial charge on any atom is 0.259 e. The Morgan fingerprint density at radius 1 is 0.943 bits per heavy atom. The molecule has 0 bridgehead atoms. The summed E-state index contributed by atoms with van der Waals surface area (Å²) in [7, 11) is 0. The van der Waals surface area contributed by atoms with E-state index < -0.39 is 0 Å². The number of hydrogen-bond acceptors (Lipinski definition) is 3. The second-order valence-corrected chi connectivity index (χ2v) is 9.65. The van der Waals surface area contributed by atoms with Crippen molar-refractivity contribution >= 4 is 11.8 Å². The lowest BCUT2D eigenvalue weighted by Gasteiger charge is -2.33. The Bertz CT molecular complexity index is 1150. The number of likely N-dealkylation sites (tertiary alicyclic amines) is 1. The van der Waals surface area contributed by atoms with Gasteiger partial charge in [-0.25, -0.2) is 9.07 Å². The van der Waals surface area contributed by atoms with E-state index in [9.17, 15) is 14.0 Å². The molecule has 2 fully saturated rings. The van der Waals surface area contributed by atoms with Crippen LogP contribution in [-0.4, -0.2) is 50.2 Å². The van der Waals surface area contributed by atoms with Crippen LogP contribution in [-0.2, 0) is 4.79 Å². The minimum Gasteiger partial charge on any atom is -0.353 e. The zero-order valence-electron chi connectivity index (χ0n) is 19.9. The summed E-state index contributed by atoms with van der Waals surface area (Å²) in [5, 5.41) is 7.74. The maximum atomic E-state index is 13.7. The Morgan fingerprint density at radius 2 is 1.66 bits per heavy atom. The van der Waals surface area contributed by atoms with Gasteiger partial charge in [0.25, 0.3) is 5.91 Å². The van der Waals surface area contributed by atoms with E-state index in [0.29, 0.717) is 30.2 Å². The van der Waals surface area contributed by atoms with E-state index in [1.807, 2.05) is 29.1 Å². The Morgan fingerprint density at radius 3 is 2.37 bits per heavy atom. The quantitative estimate of drug-likeness (QED) is 0.550. The van der Waals surface area contributed by atoms with Gasteiger partial charge in [-0.15, -0.1) is 0 Å². The average molecular weight is 478 g/mol. The van der Waals surface area contributed by atoms with Crippen molar-refractivity contribution < 1.29 is 14.0 Å². The molecule has 2 amide bonds. The summed E-state index contributed by atoms with van der Waals surface area (Å²) < 4.78 is 17.0. The fourth-order valence-corrected chi connectivity index (χ4v) is 5.28. The summed E-state index contributed by atoms with van der Waals surface area (Å²) in [6.07, 6.45) is 13.8. The standard InChI is InChI=1S/C27H32FN5O2/c28-21-11-13-23(14-12-21)33-26(31-15-5-6-16-31)24(18-29-33)27(35)32-17-7-8-20(19-32)25(34)30-22-9-3-1-2-4-10-22/h5-6,11-16,18,20,22H,1-4,7-10,17,19H2,(H,30,34)/t20-/m1/s1. The van der Waals surface area contributed by atoms with Crippen molar-refractivity contribution in [3.8, 4) is 11.5 Å². The molecule has 184 valence electrons. The number of amides is 2. The molecule has 1 aliphatic heterocycles. The second kappa shape index (κ2) is 10.5. The molecular weight excluding hydrogens is 445 g/mol. The van der Waals surface area contributed by atoms with Gasteiger partial charge < -0.3 is 14.8 Å². The Labute approximate surface area is 204 Å². The van der Waals surface area contributed by atoms with Gasteiger partial charge in [0.2, 0.25) is 5.91 Å². The van der Waals surface area contributed by atoms with E-state index >= 15 is 0 Å². The SMILES string of the molecule is O=C(NC1CCCCCC1)[C@@H]1CCCN(C(=O)c2cnn(-c3ccc(F)cc3)c2-n2cccc2)C1. The van der Waals surface area contributed by atoms with E-state index in [2.05, 4.69) is 10.4 Å². The number of hydrogen-bond donors (Lipinski definition) is 1. The van der Waals surface area contributed by atoms with Crippen molar-refractivity contribution in [2.45, 2.75) is 57.4 Å². The lowest BCUT2D eigenvalue weighted by molar-refractivity contribution is -0.127. The lowest BCUT2D eigenvalue weighted by atomic mass is 9.95. The first-order valence-electron chi connectivity index (χ1n) is 12.7. The largest absolute Gasteiger partial charge is 0.353 e. The Balaban J connectivity index is 1.36. The van der Waals surface area contributed by atoms with Gasteiger partial charge in [-0.2, -0.15) is 5.10 Å². The molecule has 7 nitrogen and oxygen atoms in total. The number of carbonyl (C=O) groups is 2. The molecule has 1 atom stereocenters. The van der Waals surface area contributed by atoms with E-state index in [4.69, 9.17) is 0 Å². The molecule has 35 heavy (non-hydrogen) atoms. The number of aromatic nitrogens is 3. The molecule has 1 aromatic carbocycles. The third-order valence-corrected chi connectivity index (χ3v) is 7.18. The molecule has 2 aliphatic rings. The monoisotopic (exact) mass is 477 g/mol. The smallest absolute Gasteiger partial charge is 0.259 e. The highest BCUT2D eigenvalue weighted by Crippen LogP contribution is 2.25. The fourth-order valence-electron chi connectivity index (χ4n) is 5.28. The second-order valence-electron chi connectivity index (χ2n) is 9.65. The van der Waals surface area contributed by atoms with Gasteiger partial charge in [0.15, 0.2) is 5.82 Å². The fraction of sp³-hybridized carbons (Fsp3) is 0.444. The van der Waals surface area contributed by atoms with Crippen LogP contribution >= 0.6 is 0 Å². The highest BCUT2D eigenvalue weighted by Gasteiger charge is 2.32. The Kier molecular flexibility index (Phi) is 6.97. The van der Waals surface area contributed by atoms with Crippen LogP contribution in [0.25, 0.3) is 11.5 Å². The summed E-state index contributed by atoms with van der Waals surface area (Å²) in [6.45, 7) is 1.02. The van der Waals surface area contributed by atoms with E-state index in [-0.39, 0.29) is 29.6 Å². The van der Waals surface area contributed by atoms with Crippen molar-refractivity contribution in [2.24, 2.45) is 5.92 Å².